The van der Waals surface area contributed by atoms with Crippen LogP contribution >= 0.6 is 0 Å². The van der Waals surface area contributed by atoms with Gasteiger partial charge in [-0.3, -0.25) is 0 Å². The third-order valence-corrected chi connectivity index (χ3v) is 3.23. The van der Waals surface area contributed by atoms with E-state index in [-0.39, 0.29) is 18.7 Å². The first-order valence-electron chi connectivity index (χ1n) is 6.97. The number of aryl methyl sites for hydroxylation is 1. The molecule has 21 heavy (non-hydrogen) atoms. The van der Waals surface area contributed by atoms with Gasteiger partial charge in [-0.1, -0.05) is 30.3 Å². The van der Waals surface area contributed by atoms with Crippen molar-refractivity contribution in [2.45, 2.75) is 19.0 Å². The molecule has 5 heteroatoms. The molecular weight excluding hydrogens is 266 g/mol. The number of hydrogen-bond acceptors (Lipinski definition) is 2. The number of nitrogens with zero attached hydrogens (tertiary/aromatic N) is 1. The Morgan fingerprint density at radius 1 is 1.24 bits per heavy atom. The second kappa shape index (κ2) is 7.50. The van der Waals surface area contributed by atoms with Crippen molar-refractivity contribution in [1.29, 1.82) is 0 Å². The fourth-order valence-electron chi connectivity index (χ4n) is 2.14. The van der Waals surface area contributed by atoms with Crippen LogP contribution in [0.2, 0.25) is 0 Å². The van der Waals surface area contributed by atoms with E-state index in [1.54, 1.807) is 0 Å². The van der Waals surface area contributed by atoms with Crippen LogP contribution in [0.25, 0.3) is 0 Å². The van der Waals surface area contributed by atoms with Crippen molar-refractivity contribution in [3.05, 3.63) is 59.9 Å². The smallest absolute Gasteiger partial charge is 0.315 e. The maximum Gasteiger partial charge on any atom is 0.315 e. The van der Waals surface area contributed by atoms with Crippen LogP contribution in [0.4, 0.5) is 4.79 Å². The molecule has 1 aromatic heterocycles. The lowest BCUT2D eigenvalue weighted by Gasteiger charge is -2.16. The number of aliphatic hydroxyl groups excluding tert-OH is 1. The molecule has 0 fully saturated rings. The minimum Gasteiger partial charge on any atom is -0.394 e. The maximum absolute atomic E-state index is 11.8. The van der Waals surface area contributed by atoms with E-state index in [4.69, 9.17) is 0 Å². The number of nitrogens with one attached hydrogen (secondary N) is 2. The van der Waals surface area contributed by atoms with E-state index in [9.17, 15) is 9.90 Å². The molecule has 1 atom stereocenters. The molecule has 0 spiro atoms. The lowest BCUT2D eigenvalue weighted by atomic mass is 10.1. The van der Waals surface area contributed by atoms with Crippen LogP contribution in [0.3, 0.4) is 0 Å². The van der Waals surface area contributed by atoms with Gasteiger partial charge in [0.25, 0.3) is 0 Å². The molecule has 0 saturated heterocycles. The molecule has 0 saturated carbocycles. The zero-order valence-electron chi connectivity index (χ0n) is 12.1. The van der Waals surface area contributed by atoms with Gasteiger partial charge in [-0.2, -0.15) is 0 Å². The second-order valence-corrected chi connectivity index (χ2v) is 5.08. The van der Waals surface area contributed by atoms with Crippen LogP contribution in [0.15, 0.2) is 48.8 Å². The van der Waals surface area contributed by atoms with Crippen molar-refractivity contribution in [3.8, 4) is 0 Å². The van der Waals surface area contributed by atoms with E-state index < -0.39 is 0 Å². The standard InChI is InChI=1S/C16H21N3O2/c1-19-8-7-14(11-19)10-17-16(21)18-15(12-20)9-13-5-3-2-4-6-13/h2-8,11,15,20H,9-10,12H2,1H3,(H2,17,18,21)/t15-/m0/s1. The molecule has 2 aromatic rings. The van der Waals surface area contributed by atoms with Crippen molar-refractivity contribution in [1.82, 2.24) is 15.2 Å². The van der Waals surface area contributed by atoms with Gasteiger partial charge in [0.15, 0.2) is 0 Å². The monoisotopic (exact) mass is 287 g/mol. The van der Waals surface area contributed by atoms with Crippen LogP contribution in [0.1, 0.15) is 11.1 Å². The van der Waals surface area contributed by atoms with Crippen LogP contribution in [0.5, 0.6) is 0 Å². The molecule has 1 aromatic carbocycles. The first-order chi connectivity index (χ1) is 10.2. The lowest BCUT2D eigenvalue weighted by Crippen LogP contribution is -2.44. The van der Waals surface area contributed by atoms with Gasteiger partial charge < -0.3 is 20.3 Å². The SMILES string of the molecule is Cn1ccc(CNC(=O)N[C@H](CO)Cc2ccccc2)c1. The number of amides is 2. The third-order valence-electron chi connectivity index (χ3n) is 3.23. The Balaban J connectivity index is 1.79. The molecule has 2 amide bonds. The number of aromatic nitrogens is 1. The molecule has 0 radical (unpaired) electrons. The molecule has 1 heterocycles. The zero-order valence-corrected chi connectivity index (χ0v) is 12.1. The number of carbonyl (C=O) groups excluding carboxylic acids is 1. The normalized spacial score (nSPS) is 11.9. The predicted octanol–water partition coefficient (Wildman–Crippen LogP) is 1.43. The topological polar surface area (TPSA) is 66.3 Å². The van der Waals surface area contributed by atoms with Crippen molar-refractivity contribution in [2.24, 2.45) is 7.05 Å². The van der Waals surface area contributed by atoms with E-state index in [0.717, 1.165) is 11.1 Å². The van der Waals surface area contributed by atoms with E-state index >= 15 is 0 Å². The van der Waals surface area contributed by atoms with Crippen LogP contribution in [-0.4, -0.2) is 28.4 Å². The number of carbonyl (C=O) groups is 1. The predicted molar refractivity (Wildman–Crippen MR) is 81.8 cm³/mol. The van der Waals surface area contributed by atoms with Crippen molar-refractivity contribution >= 4 is 6.03 Å². The number of benzene rings is 1. The molecule has 3 N–H and O–H groups in total. The number of rotatable bonds is 6. The summed E-state index contributed by atoms with van der Waals surface area (Å²) in [7, 11) is 1.94. The number of aliphatic hydroxyl groups is 1. The highest BCUT2D eigenvalue weighted by molar-refractivity contribution is 5.74. The number of hydrogen-bond donors (Lipinski definition) is 3. The summed E-state index contributed by atoms with van der Waals surface area (Å²) in [6, 6.07) is 11.2. The second-order valence-electron chi connectivity index (χ2n) is 5.08. The van der Waals surface area contributed by atoms with E-state index in [0.29, 0.717) is 13.0 Å². The van der Waals surface area contributed by atoms with Gasteiger partial charge in [0, 0.05) is 26.0 Å². The number of urea groups is 1. The average molecular weight is 287 g/mol. The Bertz CT molecular complexity index is 566. The van der Waals surface area contributed by atoms with Crippen molar-refractivity contribution in [2.75, 3.05) is 6.61 Å². The van der Waals surface area contributed by atoms with Gasteiger partial charge in [0.05, 0.1) is 12.6 Å². The Hall–Kier alpha value is -2.27. The molecule has 0 aliphatic carbocycles. The summed E-state index contributed by atoms with van der Waals surface area (Å²) in [5.41, 5.74) is 2.12. The highest BCUT2D eigenvalue weighted by Gasteiger charge is 2.11. The summed E-state index contributed by atoms with van der Waals surface area (Å²) in [5.74, 6) is 0. The van der Waals surface area contributed by atoms with Gasteiger partial charge in [-0.05, 0) is 23.6 Å². The fraction of sp³-hybridized carbons (Fsp3) is 0.312. The summed E-state index contributed by atoms with van der Waals surface area (Å²) in [6.07, 6.45) is 4.49. The molecule has 5 nitrogen and oxygen atoms in total. The van der Waals surface area contributed by atoms with Gasteiger partial charge in [-0.15, -0.1) is 0 Å². The molecule has 0 unspecified atom stereocenters. The summed E-state index contributed by atoms with van der Waals surface area (Å²) < 4.78 is 1.93. The summed E-state index contributed by atoms with van der Waals surface area (Å²) in [6.45, 7) is 0.379. The van der Waals surface area contributed by atoms with E-state index in [1.807, 2.05) is 60.4 Å². The molecular formula is C16H21N3O2. The largest absolute Gasteiger partial charge is 0.394 e. The first-order valence-corrected chi connectivity index (χ1v) is 6.97. The highest BCUT2D eigenvalue weighted by Crippen LogP contribution is 2.03. The summed E-state index contributed by atoms with van der Waals surface area (Å²) in [5, 5.41) is 15.0. The van der Waals surface area contributed by atoms with Crippen LogP contribution in [0, 0.1) is 0 Å². The van der Waals surface area contributed by atoms with E-state index in [1.165, 1.54) is 0 Å². The average Bonchev–Trinajstić information content (AvgIpc) is 2.91. The highest BCUT2D eigenvalue weighted by atomic mass is 16.3. The van der Waals surface area contributed by atoms with Gasteiger partial charge in [0.2, 0.25) is 0 Å². The van der Waals surface area contributed by atoms with E-state index in [2.05, 4.69) is 10.6 Å². The minimum absolute atomic E-state index is 0.0896. The van der Waals surface area contributed by atoms with Gasteiger partial charge in [-0.25, -0.2) is 4.79 Å². The Kier molecular flexibility index (Phi) is 5.40. The first kappa shape index (κ1) is 15.1. The van der Waals surface area contributed by atoms with Crippen LogP contribution < -0.4 is 10.6 Å². The molecule has 0 aliphatic rings. The molecule has 0 bridgehead atoms. The molecule has 112 valence electrons. The fourth-order valence-corrected chi connectivity index (χ4v) is 2.14. The minimum atomic E-state index is -0.289. The zero-order chi connectivity index (χ0) is 15.1. The molecule has 2 rings (SSSR count). The van der Waals surface area contributed by atoms with Gasteiger partial charge >= 0.3 is 6.03 Å². The Morgan fingerprint density at radius 3 is 2.62 bits per heavy atom. The quantitative estimate of drug-likeness (QED) is 0.752. The molecule has 0 aliphatic heterocycles. The summed E-state index contributed by atoms with van der Waals surface area (Å²) in [4.78, 5) is 11.8. The van der Waals surface area contributed by atoms with Crippen molar-refractivity contribution in [3.63, 3.8) is 0 Å². The van der Waals surface area contributed by atoms with Crippen LogP contribution in [-0.2, 0) is 20.0 Å². The maximum atomic E-state index is 11.8. The Labute approximate surface area is 124 Å². The summed E-state index contributed by atoms with van der Waals surface area (Å²) >= 11 is 0. The third kappa shape index (κ3) is 4.96. The lowest BCUT2D eigenvalue weighted by molar-refractivity contribution is 0.215. The Morgan fingerprint density at radius 2 is 2.00 bits per heavy atom. The van der Waals surface area contributed by atoms with Crippen molar-refractivity contribution < 1.29 is 9.90 Å². The van der Waals surface area contributed by atoms with Gasteiger partial charge in [0.1, 0.15) is 0 Å².